The van der Waals surface area contributed by atoms with Crippen molar-refractivity contribution in [1.29, 1.82) is 0 Å². The first-order valence-corrected chi connectivity index (χ1v) is 24.8. The molecule has 400 valence electrons. The Kier molecular flexibility index (Phi) is 30.4. The number of nitrogens with one attached hydrogen (secondary N) is 8. The second-order valence-corrected chi connectivity index (χ2v) is 19.1. The third-order valence-corrected chi connectivity index (χ3v) is 11.9. The molecule has 0 aliphatic carbocycles. The van der Waals surface area contributed by atoms with Crippen LogP contribution < -0.4 is 59.7 Å². The van der Waals surface area contributed by atoms with Gasteiger partial charge in [0.05, 0.1) is 19.1 Å². The van der Waals surface area contributed by atoms with Crippen LogP contribution >= 0.6 is 11.8 Å². The highest BCUT2D eigenvalue weighted by molar-refractivity contribution is 7.98. The summed E-state index contributed by atoms with van der Waals surface area (Å²) in [4.78, 5) is 144. The molecule has 0 fully saturated rings. The van der Waals surface area contributed by atoms with Crippen LogP contribution in [-0.2, 0) is 52.7 Å². The molecule has 0 bridgehead atoms. The van der Waals surface area contributed by atoms with E-state index in [0.29, 0.717) is 18.6 Å². The molecular formula is C44H79N11O14S. The van der Waals surface area contributed by atoms with Gasteiger partial charge in [0.25, 0.3) is 0 Å². The zero-order chi connectivity index (χ0) is 54.0. The summed E-state index contributed by atoms with van der Waals surface area (Å²) in [5.74, 6) is -12.7. The minimum atomic E-state index is -1.80. The molecule has 0 unspecified atom stereocenters. The molecule has 0 aromatic rings. The lowest BCUT2D eigenvalue weighted by Crippen LogP contribution is -2.62. The van der Waals surface area contributed by atoms with Crippen LogP contribution in [0.1, 0.15) is 107 Å². The third-order valence-electron chi connectivity index (χ3n) is 11.3. The average Bonchev–Trinajstić information content (AvgIpc) is 3.28. The van der Waals surface area contributed by atoms with Gasteiger partial charge in [0, 0.05) is 6.42 Å². The molecule has 0 heterocycles. The van der Waals surface area contributed by atoms with Gasteiger partial charge in [-0.25, -0.2) is 4.79 Å². The number of unbranched alkanes of at least 4 members (excludes halogenated alkanes) is 1. The summed E-state index contributed by atoms with van der Waals surface area (Å²) < 4.78 is 0. The molecule has 10 atom stereocenters. The van der Waals surface area contributed by atoms with E-state index in [1.807, 2.05) is 0 Å². The Bertz CT molecular complexity index is 1790. The highest BCUT2D eigenvalue weighted by Gasteiger charge is 2.37. The SMILES string of the molecule is CC[C@H](C)[C@H](NC(=O)[C@H](CCCCN)NC(=O)[C@H](CO)NC(=O)[C@H](CC(=O)O)NC(=O)[C@H](CCSC)NC(=O)[C@@H](N)C(C)C)C(=O)N[C@H](C(=O)N[C@@H](CCC(N)=O)C(=O)N[C@H](C(=O)O)C(C)C)C(C)C. The van der Waals surface area contributed by atoms with Gasteiger partial charge >= 0.3 is 11.9 Å². The number of amides is 9. The summed E-state index contributed by atoms with van der Waals surface area (Å²) >= 11 is 1.36. The number of aliphatic hydroxyl groups is 1. The van der Waals surface area contributed by atoms with E-state index in [4.69, 9.17) is 17.2 Å². The number of hydrogen-bond donors (Lipinski definition) is 14. The monoisotopic (exact) mass is 1020 g/mol. The van der Waals surface area contributed by atoms with Crippen molar-refractivity contribution in [3.8, 4) is 0 Å². The van der Waals surface area contributed by atoms with E-state index >= 15 is 0 Å². The molecule has 0 saturated carbocycles. The molecule has 0 aromatic heterocycles. The molecule has 0 radical (unpaired) electrons. The number of aliphatic hydroxyl groups excluding tert-OH is 1. The molecule has 0 aromatic carbocycles. The molecule has 26 heteroatoms. The molecule has 0 aliphatic heterocycles. The summed E-state index contributed by atoms with van der Waals surface area (Å²) in [5.41, 5.74) is 16.9. The van der Waals surface area contributed by atoms with Crippen molar-refractivity contribution < 1.29 is 68.1 Å². The lowest BCUT2D eigenvalue weighted by atomic mass is 9.95. The maximum Gasteiger partial charge on any atom is 0.326 e. The molecule has 9 amide bonds. The van der Waals surface area contributed by atoms with E-state index in [-0.39, 0.29) is 44.6 Å². The van der Waals surface area contributed by atoms with Crippen LogP contribution in [0, 0.1) is 23.7 Å². The quantitative estimate of drug-likeness (QED) is 0.0280. The number of thioether (sulfide) groups is 1. The van der Waals surface area contributed by atoms with E-state index in [9.17, 15) is 68.1 Å². The number of carboxylic acids is 2. The van der Waals surface area contributed by atoms with Gasteiger partial charge in [0.15, 0.2) is 0 Å². The highest BCUT2D eigenvalue weighted by Crippen LogP contribution is 2.14. The van der Waals surface area contributed by atoms with Gasteiger partial charge in [-0.1, -0.05) is 61.8 Å². The lowest BCUT2D eigenvalue weighted by Gasteiger charge is -2.30. The van der Waals surface area contributed by atoms with Crippen molar-refractivity contribution >= 4 is 76.9 Å². The van der Waals surface area contributed by atoms with Crippen molar-refractivity contribution in [2.24, 2.45) is 40.9 Å². The fraction of sp³-hybridized carbons (Fsp3) is 0.750. The van der Waals surface area contributed by atoms with Crippen molar-refractivity contribution in [2.45, 2.75) is 161 Å². The molecule has 17 N–H and O–H groups in total. The minimum Gasteiger partial charge on any atom is -0.481 e. The smallest absolute Gasteiger partial charge is 0.326 e. The van der Waals surface area contributed by atoms with Crippen molar-refractivity contribution in [2.75, 3.05) is 25.2 Å². The first kappa shape index (κ1) is 64.4. The first-order valence-electron chi connectivity index (χ1n) is 23.4. The van der Waals surface area contributed by atoms with Crippen LogP contribution in [0.4, 0.5) is 0 Å². The van der Waals surface area contributed by atoms with Crippen molar-refractivity contribution in [1.82, 2.24) is 42.5 Å². The Hall–Kier alpha value is -5.60. The number of hydrogen-bond acceptors (Lipinski definition) is 15. The molecule has 0 spiro atoms. The molecule has 0 rings (SSSR count). The van der Waals surface area contributed by atoms with Crippen LogP contribution in [0.5, 0.6) is 0 Å². The molecule has 25 nitrogen and oxygen atoms in total. The number of rotatable bonds is 35. The van der Waals surface area contributed by atoms with Gasteiger partial charge < -0.3 is 75.1 Å². The van der Waals surface area contributed by atoms with Crippen molar-refractivity contribution in [3.05, 3.63) is 0 Å². The Morgan fingerprint density at radius 3 is 1.43 bits per heavy atom. The Morgan fingerprint density at radius 2 is 0.957 bits per heavy atom. The van der Waals surface area contributed by atoms with Gasteiger partial charge in [-0.2, -0.15) is 11.8 Å². The second kappa shape index (κ2) is 33.1. The number of carbonyl (C=O) groups is 11. The molecule has 0 saturated heterocycles. The summed E-state index contributed by atoms with van der Waals surface area (Å²) in [5, 5.41) is 49.0. The van der Waals surface area contributed by atoms with Gasteiger partial charge in [-0.3, -0.25) is 47.9 Å². The van der Waals surface area contributed by atoms with E-state index in [1.54, 1.807) is 61.6 Å². The fourth-order valence-electron chi connectivity index (χ4n) is 6.55. The van der Waals surface area contributed by atoms with Gasteiger partial charge in [0.2, 0.25) is 53.2 Å². The fourth-order valence-corrected chi connectivity index (χ4v) is 7.02. The van der Waals surface area contributed by atoms with Gasteiger partial charge in [-0.05, 0) is 74.3 Å². The minimum absolute atomic E-state index is 0.0532. The number of carbonyl (C=O) groups excluding carboxylic acids is 9. The predicted octanol–water partition coefficient (Wildman–Crippen LogP) is -3.09. The van der Waals surface area contributed by atoms with E-state index in [0.717, 1.165) is 0 Å². The number of nitrogens with two attached hydrogens (primary N) is 3. The van der Waals surface area contributed by atoms with Crippen molar-refractivity contribution in [3.63, 3.8) is 0 Å². The van der Waals surface area contributed by atoms with E-state index in [2.05, 4.69) is 42.5 Å². The second-order valence-electron chi connectivity index (χ2n) is 18.1. The Labute approximate surface area is 413 Å². The standard InChI is InChI=1S/C44H79N11O14S/c1-10-24(8)35(43(67)53-33(22(4)5)42(66)50-26(14-15-30(46)57)38(62)54-34(23(6)7)44(68)69)55-37(61)25(13-11-12-17-45)48-40(64)29(20-56)52-39(63)28(19-31(58)59)51-36(60)27(16-18-70-9)49-41(65)32(47)21(2)3/h21-29,32-35,56H,10-20,45,47H2,1-9H3,(H2,46,57)(H,48,64)(H,49,65)(H,50,66)(H,51,60)(H,52,63)(H,53,67)(H,54,62)(H,55,61)(H,58,59)(H,68,69)/t24-,25-,26-,27-,28-,29-,32-,33-,34-,35-/m0/s1. The van der Waals surface area contributed by atoms with Crippen LogP contribution in [-0.4, -0.2) is 160 Å². The van der Waals surface area contributed by atoms with Crippen LogP contribution in [0.3, 0.4) is 0 Å². The maximum absolute atomic E-state index is 14.0. The topological polar surface area (TPSA) is 423 Å². The largest absolute Gasteiger partial charge is 0.481 e. The third kappa shape index (κ3) is 23.3. The summed E-state index contributed by atoms with van der Waals surface area (Å²) in [6, 6.07) is -12.7. The van der Waals surface area contributed by atoms with Crippen LogP contribution in [0.2, 0.25) is 0 Å². The Morgan fingerprint density at radius 1 is 0.529 bits per heavy atom. The first-order chi connectivity index (χ1) is 32.7. The zero-order valence-electron chi connectivity index (χ0n) is 41.8. The van der Waals surface area contributed by atoms with Gasteiger partial charge in [-0.15, -0.1) is 0 Å². The summed E-state index contributed by atoms with van der Waals surface area (Å²) in [6.07, 6.45) is 1.16. The van der Waals surface area contributed by atoms with Crippen LogP contribution in [0.15, 0.2) is 0 Å². The number of primary amides is 1. The molecule has 0 aliphatic rings. The van der Waals surface area contributed by atoms with E-state index < -0.39 is 150 Å². The molecular weight excluding hydrogens is 939 g/mol. The number of carboxylic acid groups (broad SMARTS) is 2. The molecule has 70 heavy (non-hydrogen) atoms. The average molecular weight is 1020 g/mol. The normalized spacial score (nSPS) is 15.6. The number of aliphatic carboxylic acids is 2. The summed E-state index contributed by atoms with van der Waals surface area (Å²) in [6.45, 7) is 12.2. The van der Waals surface area contributed by atoms with Crippen LogP contribution in [0.25, 0.3) is 0 Å². The van der Waals surface area contributed by atoms with E-state index in [1.165, 1.54) is 11.8 Å². The Balaban J connectivity index is 6.53. The zero-order valence-corrected chi connectivity index (χ0v) is 42.6. The summed E-state index contributed by atoms with van der Waals surface area (Å²) in [7, 11) is 0. The highest BCUT2D eigenvalue weighted by atomic mass is 32.2. The van der Waals surface area contributed by atoms with Gasteiger partial charge in [0.1, 0.15) is 48.3 Å². The lowest BCUT2D eigenvalue weighted by molar-refractivity contribution is -0.144. The maximum atomic E-state index is 14.0. The predicted molar refractivity (Wildman–Crippen MR) is 259 cm³/mol.